The summed E-state index contributed by atoms with van der Waals surface area (Å²) in [6, 6.07) is 0. The fourth-order valence-corrected chi connectivity index (χ4v) is 2.86. The monoisotopic (exact) mass is 281 g/mol. The molecule has 0 bridgehead atoms. The Bertz CT molecular complexity index is 547. The smallest absolute Gasteiger partial charge is 0.225 e. The molecule has 5 nitrogen and oxygen atoms in total. The molecular weight excluding hydrogens is 262 g/mol. The molecule has 0 aromatic carbocycles. The number of rotatable bonds is 7. The third kappa shape index (κ3) is 3.78. The van der Waals surface area contributed by atoms with E-state index in [0.717, 1.165) is 35.6 Å². The first-order valence-corrected chi connectivity index (χ1v) is 7.38. The van der Waals surface area contributed by atoms with Gasteiger partial charge in [-0.15, -0.1) is 11.3 Å². The van der Waals surface area contributed by atoms with E-state index in [2.05, 4.69) is 10.3 Å². The van der Waals surface area contributed by atoms with Crippen LogP contribution in [-0.4, -0.2) is 33.6 Å². The highest BCUT2D eigenvalue weighted by Gasteiger charge is 2.09. The number of unbranched alkanes of at least 4 members (excludes halogenated alkanes) is 2. The van der Waals surface area contributed by atoms with Crippen molar-refractivity contribution >= 4 is 22.2 Å². The molecule has 0 atom stereocenters. The van der Waals surface area contributed by atoms with Crippen LogP contribution in [0.15, 0.2) is 11.6 Å². The first-order valence-electron chi connectivity index (χ1n) is 6.50. The molecule has 2 aromatic heterocycles. The summed E-state index contributed by atoms with van der Waals surface area (Å²) in [4.78, 5) is 17.1. The number of hydrogen-bond donors (Lipinski definition) is 2. The lowest BCUT2D eigenvalue weighted by Crippen LogP contribution is -2.26. The summed E-state index contributed by atoms with van der Waals surface area (Å²) >= 11 is 1.56. The average Bonchev–Trinajstić information content (AvgIpc) is 2.90. The Balaban J connectivity index is 1.81. The van der Waals surface area contributed by atoms with Crippen LogP contribution >= 0.6 is 11.3 Å². The number of nitrogens with zero attached hydrogens (tertiary/aromatic N) is 2. The number of amides is 1. The number of hydrogen-bond acceptors (Lipinski definition) is 4. The van der Waals surface area contributed by atoms with Gasteiger partial charge in [-0.1, -0.05) is 0 Å². The molecule has 19 heavy (non-hydrogen) atoms. The highest BCUT2D eigenvalue weighted by Crippen LogP contribution is 2.16. The lowest BCUT2D eigenvalue weighted by atomic mass is 10.2. The largest absolute Gasteiger partial charge is 0.396 e. The molecule has 104 valence electrons. The maximum absolute atomic E-state index is 11.8. The molecule has 2 heterocycles. The van der Waals surface area contributed by atoms with Crippen LogP contribution in [0.25, 0.3) is 4.96 Å². The predicted molar refractivity (Wildman–Crippen MR) is 75.5 cm³/mol. The topological polar surface area (TPSA) is 66.6 Å². The van der Waals surface area contributed by atoms with Gasteiger partial charge in [0.25, 0.3) is 0 Å². The van der Waals surface area contributed by atoms with Crippen molar-refractivity contribution in [3.63, 3.8) is 0 Å². The number of aliphatic hydroxyl groups is 1. The van der Waals surface area contributed by atoms with Crippen LogP contribution < -0.4 is 5.32 Å². The summed E-state index contributed by atoms with van der Waals surface area (Å²) in [5.74, 6) is 0.0371. The molecule has 0 aliphatic rings. The van der Waals surface area contributed by atoms with Crippen molar-refractivity contribution in [1.29, 1.82) is 0 Å². The molecule has 0 radical (unpaired) electrons. The van der Waals surface area contributed by atoms with Gasteiger partial charge in [0.15, 0.2) is 4.96 Å². The minimum absolute atomic E-state index is 0.0371. The minimum atomic E-state index is 0.0371. The Labute approximate surface area is 116 Å². The van der Waals surface area contributed by atoms with E-state index in [-0.39, 0.29) is 12.5 Å². The van der Waals surface area contributed by atoms with Crippen LogP contribution in [0, 0.1) is 6.92 Å². The minimum Gasteiger partial charge on any atom is -0.396 e. The highest BCUT2D eigenvalue weighted by molar-refractivity contribution is 7.15. The van der Waals surface area contributed by atoms with Gasteiger partial charge in [-0.3, -0.25) is 9.20 Å². The Morgan fingerprint density at radius 1 is 1.47 bits per heavy atom. The van der Waals surface area contributed by atoms with Crippen molar-refractivity contribution in [2.75, 3.05) is 13.2 Å². The quantitative estimate of drug-likeness (QED) is 0.756. The number of nitrogens with one attached hydrogen (secondary N) is 1. The zero-order valence-corrected chi connectivity index (χ0v) is 11.9. The Morgan fingerprint density at radius 2 is 2.32 bits per heavy atom. The maximum atomic E-state index is 11.8. The molecule has 0 aliphatic heterocycles. The molecule has 2 rings (SSSR count). The van der Waals surface area contributed by atoms with Crippen molar-refractivity contribution < 1.29 is 9.90 Å². The number of fused-ring (bicyclic) bond motifs is 1. The molecule has 2 aromatic rings. The molecule has 2 N–H and O–H groups in total. The van der Waals surface area contributed by atoms with Crippen molar-refractivity contribution in [3.05, 3.63) is 23.0 Å². The third-order valence-corrected chi connectivity index (χ3v) is 3.79. The standard InChI is InChI=1S/C13H19N3O2S/c1-10-8-16-11(9-19-13(16)15-10)7-12(18)14-5-3-2-4-6-17/h8-9,17H,2-7H2,1H3,(H,14,18). The summed E-state index contributed by atoms with van der Waals surface area (Å²) < 4.78 is 1.98. The summed E-state index contributed by atoms with van der Waals surface area (Å²) in [5.41, 5.74) is 1.95. The van der Waals surface area contributed by atoms with Gasteiger partial charge >= 0.3 is 0 Å². The second-order valence-electron chi connectivity index (χ2n) is 4.57. The number of aryl methyl sites for hydroxylation is 1. The SMILES string of the molecule is Cc1cn2c(CC(=O)NCCCCCO)csc2n1. The number of carbonyl (C=O) groups is 1. The molecule has 0 unspecified atom stereocenters. The van der Waals surface area contributed by atoms with Crippen molar-refractivity contribution in [2.24, 2.45) is 0 Å². The number of aromatic nitrogens is 2. The first-order chi connectivity index (χ1) is 9.20. The van der Waals surface area contributed by atoms with E-state index in [1.54, 1.807) is 11.3 Å². The van der Waals surface area contributed by atoms with Crippen LogP contribution in [0.2, 0.25) is 0 Å². The summed E-state index contributed by atoms with van der Waals surface area (Å²) in [6.45, 7) is 2.85. The summed E-state index contributed by atoms with van der Waals surface area (Å²) in [5, 5.41) is 13.5. The number of imidazole rings is 1. The number of carbonyl (C=O) groups excluding carboxylic acids is 1. The lowest BCUT2D eigenvalue weighted by Gasteiger charge is -2.04. The summed E-state index contributed by atoms with van der Waals surface area (Å²) in [6.07, 6.45) is 5.00. The van der Waals surface area contributed by atoms with Gasteiger partial charge in [0.05, 0.1) is 12.1 Å². The van der Waals surface area contributed by atoms with E-state index in [4.69, 9.17) is 5.11 Å². The van der Waals surface area contributed by atoms with Gasteiger partial charge in [-0.2, -0.15) is 0 Å². The van der Waals surface area contributed by atoms with E-state index in [9.17, 15) is 4.79 Å². The highest BCUT2D eigenvalue weighted by atomic mass is 32.1. The van der Waals surface area contributed by atoms with Crippen molar-refractivity contribution in [1.82, 2.24) is 14.7 Å². The van der Waals surface area contributed by atoms with Crippen LogP contribution in [0.4, 0.5) is 0 Å². The molecule has 0 saturated heterocycles. The molecule has 0 fully saturated rings. The summed E-state index contributed by atoms with van der Waals surface area (Å²) in [7, 11) is 0. The molecule has 0 saturated carbocycles. The van der Waals surface area contributed by atoms with E-state index in [1.807, 2.05) is 22.9 Å². The van der Waals surface area contributed by atoms with Crippen LogP contribution in [0.1, 0.15) is 30.7 Å². The van der Waals surface area contributed by atoms with E-state index in [1.165, 1.54) is 0 Å². The van der Waals surface area contributed by atoms with Gasteiger partial charge in [0.1, 0.15) is 0 Å². The Kier molecular flexibility index (Phi) is 4.93. The van der Waals surface area contributed by atoms with E-state index in [0.29, 0.717) is 13.0 Å². The normalized spacial score (nSPS) is 11.1. The second-order valence-corrected chi connectivity index (χ2v) is 5.41. The van der Waals surface area contributed by atoms with Gasteiger partial charge in [0, 0.05) is 30.4 Å². The Hall–Kier alpha value is -1.40. The average molecular weight is 281 g/mol. The fourth-order valence-electron chi connectivity index (χ4n) is 1.94. The van der Waals surface area contributed by atoms with Gasteiger partial charge in [-0.25, -0.2) is 4.98 Å². The molecule has 0 aliphatic carbocycles. The Morgan fingerprint density at radius 3 is 3.11 bits per heavy atom. The van der Waals surface area contributed by atoms with Crippen LogP contribution in [0.3, 0.4) is 0 Å². The molecular formula is C13H19N3O2S. The van der Waals surface area contributed by atoms with E-state index < -0.39 is 0 Å². The van der Waals surface area contributed by atoms with Crippen molar-refractivity contribution in [2.45, 2.75) is 32.6 Å². The van der Waals surface area contributed by atoms with Crippen LogP contribution in [-0.2, 0) is 11.2 Å². The maximum Gasteiger partial charge on any atom is 0.225 e. The van der Waals surface area contributed by atoms with Crippen molar-refractivity contribution in [3.8, 4) is 0 Å². The number of thiazole rings is 1. The van der Waals surface area contributed by atoms with E-state index >= 15 is 0 Å². The first kappa shape index (κ1) is 14.0. The van der Waals surface area contributed by atoms with Crippen LogP contribution in [0.5, 0.6) is 0 Å². The fraction of sp³-hybridized carbons (Fsp3) is 0.538. The molecule has 6 heteroatoms. The zero-order chi connectivity index (χ0) is 13.7. The second kappa shape index (κ2) is 6.68. The van der Waals surface area contributed by atoms with Gasteiger partial charge < -0.3 is 10.4 Å². The molecule has 1 amide bonds. The number of aliphatic hydroxyl groups excluding tert-OH is 1. The van der Waals surface area contributed by atoms with Gasteiger partial charge in [0.2, 0.25) is 5.91 Å². The molecule has 0 spiro atoms. The third-order valence-electron chi connectivity index (χ3n) is 2.90. The predicted octanol–water partition coefficient (Wildman–Crippen LogP) is 1.53. The zero-order valence-electron chi connectivity index (χ0n) is 11.1. The lowest BCUT2D eigenvalue weighted by molar-refractivity contribution is -0.120. The van der Waals surface area contributed by atoms with Gasteiger partial charge in [-0.05, 0) is 26.2 Å².